The van der Waals surface area contributed by atoms with E-state index in [2.05, 4.69) is 5.32 Å². The van der Waals surface area contributed by atoms with Crippen LogP contribution in [0.15, 0.2) is 42.5 Å². The third kappa shape index (κ3) is 4.63. The maximum atomic E-state index is 12.3. The van der Waals surface area contributed by atoms with Crippen LogP contribution in [-0.2, 0) is 9.53 Å². The fourth-order valence-corrected chi connectivity index (χ4v) is 2.31. The van der Waals surface area contributed by atoms with E-state index < -0.39 is 5.97 Å². The van der Waals surface area contributed by atoms with Crippen LogP contribution in [0.3, 0.4) is 0 Å². The summed E-state index contributed by atoms with van der Waals surface area (Å²) < 4.78 is 15.2. The average molecular weight is 355 g/mol. The van der Waals surface area contributed by atoms with Crippen molar-refractivity contribution in [3.05, 3.63) is 59.2 Å². The summed E-state index contributed by atoms with van der Waals surface area (Å²) in [5, 5.41) is 2.76. The normalized spacial score (nSPS) is 10.5. The maximum absolute atomic E-state index is 12.3. The van der Waals surface area contributed by atoms with Crippen LogP contribution >= 0.6 is 0 Å². The summed E-state index contributed by atoms with van der Waals surface area (Å²) in [5.41, 5.74) is 2.45. The molecule has 0 aliphatic carbocycles. The molecule has 0 saturated heterocycles. The van der Waals surface area contributed by atoms with Crippen molar-refractivity contribution in [3.63, 3.8) is 0 Å². The molecule has 0 heterocycles. The number of carbonyl (C=O) groups is 2. The molecule has 0 saturated carbocycles. The third-order valence-corrected chi connectivity index (χ3v) is 3.77. The van der Waals surface area contributed by atoms with Gasteiger partial charge in [0.1, 0.15) is 11.5 Å². The minimum absolute atomic E-state index is 0.333. The van der Waals surface area contributed by atoms with Crippen molar-refractivity contribution in [1.82, 2.24) is 0 Å². The predicted molar refractivity (Wildman–Crippen MR) is 99.7 cm³/mol. The highest BCUT2D eigenvalue weighted by molar-refractivity contribution is 6.03. The summed E-state index contributed by atoms with van der Waals surface area (Å²) >= 11 is 0. The van der Waals surface area contributed by atoms with Gasteiger partial charge in [-0.15, -0.1) is 0 Å². The van der Waals surface area contributed by atoms with Crippen molar-refractivity contribution in [1.29, 1.82) is 0 Å². The van der Waals surface area contributed by atoms with Crippen molar-refractivity contribution in [2.75, 3.05) is 26.6 Å². The first-order valence-corrected chi connectivity index (χ1v) is 7.88. The van der Waals surface area contributed by atoms with Crippen LogP contribution in [0.25, 0.3) is 6.08 Å². The molecule has 2 aromatic carbocycles. The summed E-state index contributed by atoms with van der Waals surface area (Å²) in [6, 6.07) is 10.3. The second-order valence-electron chi connectivity index (χ2n) is 5.45. The number of amides is 1. The quantitative estimate of drug-likeness (QED) is 0.635. The molecule has 0 atom stereocenters. The molecule has 6 nitrogen and oxygen atoms in total. The lowest BCUT2D eigenvalue weighted by Crippen LogP contribution is -2.10. The molecule has 2 aromatic rings. The van der Waals surface area contributed by atoms with E-state index in [1.807, 2.05) is 6.92 Å². The predicted octanol–water partition coefficient (Wildman–Crippen LogP) is 3.45. The average Bonchev–Trinajstić information content (AvgIpc) is 2.67. The minimum atomic E-state index is -0.461. The Morgan fingerprint density at radius 3 is 2.42 bits per heavy atom. The van der Waals surface area contributed by atoms with Gasteiger partial charge in [0.15, 0.2) is 0 Å². The first-order chi connectivity index (χ1) is 12.5. The van der Waals surface area contributed by atoms with Crippen LogP contribution in [0.4, 0.5) is 5.69 Å². The van der Waals surface area contributed by atoms with E-state index in [1.54, 1.807) is 56.7 Å². The number of methoxy groups -OCH3 is 3. The van der Waals surface area contributed by atoms with Crippen LogP contribution in [-0.4, -0.2) is 33.2 Å². The van der Waals surface area contributed by atoms with Gasteiger partial charge in [-0.25, -0.2) is 4.79 Å². The Labute approximate surface area is 152 Å². The topological polar surface area (TPSA) is 73.9 Å². The highest BCUT2D eigenvalue weighted by Gasteiger charge is 2.09. The number of benzene rings is 2. The lowest BCUT2D eigenvalue weighted by molar-refractivity contribution is -0.111. The van der Waals surface area contributed by atoms with Gasteiger partial charge >= 0.3 is 5.97 Å². The fraction of sp³-hybridized carbons (Fsp3) is 0.200. The summed E-state index contributed by atoms with van der Waals surface area (Å²) in [4.78, 5) is 23.9. The number of hydrogen-bond acceptors (Lipinski definition) is 5. The van der Waals surface area contributed by atoms with E-state index >= 15 is 0 Å². The van der Waals surface area contributed by atoms with E-state index in [9.17, 15) is 9.59 Å². The molecule has 1 amide bonds. The van der Waals surface area contributed by atoms with E-state index in [1.165, 1.54) is 13.2 Å². The number of rotatable bonds is 6. The molecule has 0 aliphatic rings. The highest BCUT2D eigenvalue weighted by Crippen LogP contribution is 2.25. The van der Waals surface area contributed by atoms with Gasteiger partial charge in [-0.1, -0.05) is 6.07 Å². The zero-order chi connectivity index (χ0) is 19.1. The minimum Gasteiger partial charge on any atom is -0.497 e. The van der Waals surface area contributed by atoms with Crippen LogP contribution in [0.2, 0.25) is 0 Å². The fourth-order valence-electron chi connectivity index (χ4n) is 2.31. The molecule has 136 valence electrons. The Morgan fingerprint density at radius 2 is 1.77 bits per heavy atom. The number of esters is 1. The molecular weight excluding hydrogens is 334 g/mol. The smallest absolute Gasteiger partial charge is 0.337 e. The van der Waals surface area contributed by atoms with Gasteiger partial charge in [0.25, 0.3) is 0 Å². The van der Waals surface area contributed by atoms with E-state index in [-0.39, 0.29) is 5.91 Å². The van der Waals surface area contributed by atoms with E-state index in [0.717, 1.165) is 5.56 Å². The van der Waals surface area contributed by atoms with Gasteiger partial charge in [0, 0.05) is 17.3 Å². The monoisotopic (exact) mass is 355 g/mol. The second-order valence-corrected chi connectivity index (χ2v) is 5.45. The van der Waals surface area contributed by atoms with Crippen molar-refractivity contribution < 1.29 is 23.8 Å². The molecule has 26 heavy (non-hydrogen) atoms. The van der Waals surface area contributed by atoms with Gasteiger partial charge in [-0.05, 0) is 48.9 Å². The standard InChI is InChI=1S/C20H21NO5/c1-13-5-6-15(20(23)26-4)12-17(13)21-19(22)10-7-14-11-16(24-2)8-9-18(14)25-3/h5-12H,1-4H3,(H,21,22)/b10-7+. The molecule has 0 spiro atoms. The second kappa shape index (κ2) is 8.71. The largest absolute Gasteiger partial charge is 0.497 e. The van der Waals surface area contributed by atoms with Gasteiger partial charge in [0.05, 0.1) is 26.9 Å². The Morgan fingerprint density at radius 1 is 1.00 bits per heavy atom. The lowest BCUT2D eigenvalue weighted by Gasteiger charge is -2.09. The molecular formula is C20H21NO5. The number of nitrogens with one attached hydrogen (secondary N) is 1. The molecule has 0 aromatic heterocycles. The van der Waals surface area contributed by atoms with Crippen molar-refractivity contribution >= 4 is 23.6 Å². The number of ether oxygens (including phenoxy) is 3. The molecule has 6 heteroatoms. The molecule has 0 bridgehead atoms. The van der Waals surface area contributed by atoms with Crippen LogP contribution < -0.4 is 14.8 Å². The molecule has 0 radical (unpaired) electrons. The van der Waals surface area contributed by atoms with Crippen LogP contribution in [0, 0.1) is 6.92 Å². The summed E-state index contributed by atoms with van der Waals surface area (Å²) in [6.07, 6.45) is 3.03. The Balaban J connectivity index is 2.19. The van der Waals surface area contributed by atoms with E-state index in [0.29, 0.717) is 28.3 Å². The van der Waals surface area contributed by atoms with Crippen LogP contribution in [0.5, 0.6) is 11.5 Å². The molecule has 2 rings (SSSR count). The van der Waals surface area contributed by atoms with Crippen molar-refractivity contribution in [3.8, 4) is 11.5 Å². The summed E-state index contributed by atoms with van der Waals surface area (Å²) in [7, 11) is 4.44. The number of aryl methyl sites for hydroxylation is 1. The van der Waals surface area contributed by atoms with Gasteiger partial charge in [0.2, 0.25) is 5.91 Å². The van der Waals surface area contributed by atoms with E-state index in [4.69, 9.17) is 14.2 Å². The highest BCUT2D eigenvalue weighted by atomic mass is 16.5. The van der Waals surface area contributed by atoms with Gasteiger partial charge in [-0.3, -0.25) is 4.79 Å². The Bertz CT molecular complexity index is 842. The lowest BCUT2D eigenvalue weighted by atomic mass is 10.1. The molecule has 0 aliphatic heterocycles. The maximum Gasteiger partial charge on any atom is 0.337 e. The SMILES string of the molecule is COC(=O)c1ccc(C)c(NC(=O)/C=C/c2cc(OC)ccc2OC)c1. The Hall–Kier alpha value is -3.28. The molecule has 0 unspecified atom stereocenters. The number of hydrogen-bond donors (Lipinski definition) is 1. The Kier molecular flexibility index (Phi) is 6.38. The van der Waals surface area contributed by atoms with Gasteiger partial charge in [-0.2, -0.15) is 0 Å². The van der Waals surface area contributed by atoms with Crippen LogP contribution in [0.1, 0.15) is 21.5 Å². The summed E-state index contributed by atoms with van der Waals surface area (Å²) in [6.45, 7) is 1.84. The third-order valence-electron chi connectivity index (χ3n) is 3.77. The molecule has 1 N–H and O–H groups in total. The first-order valence-electron chi connectivity index (χ1n) is 7.88. The van der Waals surface area contributed by atoms with Crippen molar-refractivity contribution in [2.45, 2.75) is 6.92 Å². The number of anilines is 1. The van der Waals surface area contributed by atoms with Gasteiger partial charge < -0.3 is 19.5 Å². The summed E-state index contributed by atoms with van der Waals surface area (Å²) in [5.74, 6) is 0.489. The zero-order valence-corrected chi connectivity index (χ0v) is 15.2. The first kappa shape index (κ1) is 19.1. The zero-order valence-electron chi connectivity index (χ0n) is 15.2. The molecule has 0 fully saturated rings. The van der Waals surface area contributed by atoms with Crippen molar-refractivity contribution in [2.24, 2.45) is 0 Å². The number of carbonyl (C=O) groups excluding carboxylic acids is 2.